The van der Waals surface area contributed by atoms with Crippen LogP contribution in [0.4, 0.5) is 5.13 Å². The second-order valence-electron chi connectivity index (χ2n) is 5.01. The molecule has 0 unspecified atom stereocenters. The van der Waals surface area contributed by atoms with Gasteiger partial charge in [-0.1, -0.05) is 0 Å². The van der Waals surface area contributed by atoms with Crippen LogP contribution in [0, 0.1) is 0 Å². The first kappa shape index (κ1) is 18.1. The lowest BCUT2D eigenvalue weighted by atomic mass is 10.1. The summed E-state index contributed by atoms with van der Waals surface area (Å²) in [7, 11) is 1.31. The fraction of sp³-hybridized carbons (Fsp3) is 0.308. The van der Waals surface area contributed by atoms with E-state index < -0.39 is 11.5 Å². The molecule has 2 heterocycles. The number of amides is 1. The van der Waals surface area contributed by atoms with Crippen molar-refractivity contribution in [3.05, 3.63) is 23.3 Å². The van der Waals surface area contributed by atoms with E-state index in [1.807, 2.05) is 0 Å². The average Bonchev–Trinajstić information content (AvgIpc) is 3.04. The van der Waals surface area contributed by atoms with E-state index in [1.165, 1.54) is 18.4 Å². The zero-order chi connectivity index (χ0) is 15.6. The van der Waals surface area contributed by atoms with Gasteiger partial charge in [0.2, 0.25) is 5.91 Å². The molecule has 0 bridgehead atoms. The Morgan fingerprint density at radius 3 is 2.73 bits per heavy atom. The number of hydrogen-bond acceptors (Lipinski definition) is 6. The number of anilines is 1. The van der Waals surface area contributed by atoms with Crippen LogP contribution >= 0.6 is 23.7 Å². The molecule has 0 aliphatic rings. The largest absolute Gasteiger partial charge is 0.464 e. The quantitative estimate of drug-likeness (QED) is 0.735. The Morgan fingerprint density at radius 1 is 1.45 bits per heavy atom. The van der Waals surface area contributed by atoms with Crippen LogP contribution in [0.1, 0.15) is 24.3 Å². The standard InChI is InChI=1S/C13H16N4O3S.ClH/c1-13(2,14)11(19)17-12-16-9(6-21-12)7-4-8(15-5-7)10(18)20-3;/h4-6,15H,14H2,1-3H3,(H,16,17,19);1H. The van der Waals surface area contributed by atoms with Crippen LogP contribution < -0.4 is 11.1 Å². The van der Waals surface area contributed by atoms with Gasteiger partial charge in [0.1, 0.15) is 5.69 Å². The fourth-order valence-electron chi connectivity index (χ4n) is 1.49. The topological polar surface area (TPSA) is 110 Å². The number of nitrogens with two attached hydrogens (primary N) is 1. The van der Waals surface area contributed by atoms with Crippen molar-refractivity contribution in [2.45, 2.75) is 19.4 Å². The molecular weight excluding hydrogens is 328 g/mol. The second-order valence-corrected chi connectivity index (χ2v) is 5.87. The number of nitrogens with one attached hydrogen (secondary N) is 2. The van der Waals surface area contributed by atoms with Gasteiger partial charge >= 0.3 is 5.97 Å². The lowest BCUT2D eigenvalue weighted by molar-refractivity contribution is -0.120. The SMILES string of the molecule is COC(=O)c1cc(-c2csc(NC(=O)C(C)(C)N)n2)c[nH]1.Cl. The van der Waals surface area contributed by atoms with E-state index in [9.17, 15) is 9.59 Å². The van der Waals surface area contributed by atoms with E-state index in [1.54, 1.807) is 31.5 Å². The Hall–Kier alpha value is -1.90. The van der Waals surface area contributed by atoms with E-state index in [4.69, 9.17) is 5.73 Å². The second kappa shape index (κ2) is 6.91. The van der Waals surface area contributed by atoms with E-state index in [2.05, 4.69) is 20.0 Å². The summed E-state index contributed by atoms with van der Waals surface area (Å²) in [5.74, 6) is -0.761. The van der Waals surface area contributed by atoms with Gasteiger partial charge < -0.3 is 20.8 Å². The Balaban J connectivity index is 0.00000242. The molecule has 1 amide bonds. The van der Waals surface area contributed by atoms with Crippen molar-refractivity contribution >= 4 is 40.8 Å². The zero-order valence-electron chi connectivity index (χ0n) is 12.3. The maximum absolute atomic E-state index is 11.8. The minimum absolute atomic E-state index is 0. The predicted octanol–water partition coefficient (Wildman–Crippen LogP) is 2.02. The number of halogens is 1. The van der Waals surface area contributed by atoms with E-state index >= 15 is 0 Å². The minimum atomic E-state index is -0.974. The Morgan fingerprint density at radius 2 is 2.14 bits per heavy atom. The van der Waals surface area contributed by atoms with Crippen molar-refractivity contribution in [2.24, 2.45) is 5.73 Å². The lowest BCUT2D eigenvalue weighted by Crippen LogP contribution is -2.45. The van der Waals surface area contributed by atoms with Crippen LogP contribution in [-0.4, -0.2) is 34.5 Å². The van der Waals surface area contributed by atoms with Gasteiger partial charge in [0, 0.05) is 17.1 Å². The molecule has 0 aromatic carbocycles. The van der Waals surface area contributed by atoms with Crippen molar-refractivity contribution in [1.82, 2.24) is 9.97 Å². The summed E-state index contributed by atoms with van der Waals surface area (Å²) in [5.41, 5.74) is 6.46. The summed E-state index contributed by atoms with van der Waals surface area (Å²) in [6, 6.07) is 1.64. The van der Waals surface area contributed by atoms with E-state index in [-0.39, 0.29) is 18.3 Å². The van der Waals surface area contributed by atoms with Crippen molar-refractivity contribution in [3.63, 3.8) is 0 Å². The molecule has 0 saturated heterocycles. The van der Waals surface area contributed by atoms with Crippen LogP contribution in [0.3, 0.4) is 0 Å². The molecule has 0 saturated carbocycles. The highest BCUT2D eigenvalue weighted by atomic mass is 35.5. The summed E-state index contributed by atoms with van der Waals surface area (Å²) in [4.78, 5) is 30.3. The predicted molar refractivity (Wildman–Crippen MR) is 87.4 cm³/mol. The number of carbonyl (C=O) groups is 2. The normalized spacial score (nSPS) is 10.7. The third kappa shape index (κ3) is 4.06. The fourth-order valence-corrected chi connectivity index (χ4v) is 2.21. The monoisotopic (exact) mass is 344 g/mol. The number of ether oxygens (including phenoxy) is 1. The number of rotatable bonds is 4. The molecule has 4 N–H and O–H groups in total. The van der Waals surface area contributed by atoms with Crippen molar-refractivity contribution in [3.8, 4) is 11.3 Å². The first-order valence-corrected chi connectivity index (χ1v) is 7.02. The molecule has 0 radical (unpaired) electrons. The molecule has 0 atom stereocenters. The molecule has 0 fully saturated rings. The van der Waals surface area contributed by atoms with Gasteiger partial charge in [-0.05, 0) is 19.9 Å². The van der Waals surface area contributed by atoms with Crippen molar-refractivity contribution in [2.75, 3.05) is 12.4 Å². The number of carbonyl (C=O) groups excluding carboxylic acids is 2. The molecule has 120 valence electrons. The summed E-state index contributed by atoms with van der Waals surface area (Å²) in [6.07, 6.45) is 1.65. The number of H-pyrrole nitrogens is 1. The highest BCUT2D eigenvalue weighted by Gasteiger charge is 2.23. The van der Waals surface area contributed by atoms with Crippen molar-refractivity contribution in [1.29, 1.82) is 0 Å². The Kier molecular flexibility index (Phi) is 5.70. The van der Waals surface area contributed by atoms with Gasteiger partial charge in [-0.2, -0.15) is 0 Å². The number of hydrogen-bond donors (Lipinski definition) is 3. The smallest absolute Gasteiger partial charge is 0.354 e. The molecule has 2 rings (SSSR count). The molecule has 9 heteroatoms. The van der Waals surface area contributed by atoms with Crippen LogP contribution in [0.25, 0.3) is 11.3 Å². The van der Waals surface area contributed by atoms with Crippen LogP contribution in [-0.2, 0) is 9.53 Å². The summed E-state index contributed by atoms with van der Waals surface area (Å²) >= 11 is 1.28. The van der Waals surface area contributed by atoms with E-state index in [0.29, 0.717) is 16.5 Å². The van der Waals surface area contributed by atoms with Crippen LogP contribution in [0.15, 0.2) is 17.6 Å². The summed E-state index contributed by atoms with van der Waals surface area (Å²) in [6.45, 7) is 3.23. The lowest BCUT2D eigenvalue weighted by Gasteiger charge is -2.16. The maximum Gasteiger partial charge on any atom is 0.354 e. The van der Waals surface area contributed by atoms with Gasteiger partial charge in [0.05, 0.1) is 18.3 Å². The number of aromatic nitrogens is 2. The van der Waals surface area contributed by atoms with Gasteiger partial charge in [-0.3, -0.25) is 4.79 Å². The first-order chi connectivity index (χ1) is 9.81. The summed E-state index contributed by atoms with van der Waals surface area (Å²) in [5, 5.41) is 4.89. The van der Waals surface area contributed by atoms with Gasteiger partial charge in [0.15, 0.2) is 5.13 Å². The maximum atomic E-state index is 11.8. The van der Waals surface area contributed by atoms with Gasteiger partial charge in [-0.25, -0.2) is 9.78 Å². The van der Waals surface area contributed by atoms with Crippen molar-refractivity contribution < 1.29 is 14.3 Å². The van der Waals surface area contributed by atoms with E-state index in [0.717, 1.165) is 5.56 Å². The highest BCUT2D eigenvalue weighted by Crippen LogP contribution is 2.26. The molecule has 0 aliphatic carbocycles. The zero-order valence-corrected chi connectivity index (χ0v) is 13.9. The molecule has 7 nitrogen and oxygen atoms in total. The molecular formula is C13H17ClN4O3S. The minimum Gasteiger partial charge on any atom is -0.464 e. The number of thiazole rings is 1. The molecule has 22 heavy (non-hydrogen) atoms. The molecule has 0 aliphatic heterocycles. The average molecular weight is 345 g/mol. The third-order valence-electron chi connectivity index (χ3n) is 2.69. The number of nitrogens with zero attached hydrogens (tertiary/aromatic N) is 1. The van der Waals surface area contributed by atoms with Gasteiger partial charge in [-0.15, -0.1) is 23.7 Å². The molecule has 2 aromatic rings. The number of methoxy groups -OCH3 is 1. The van der Waals surface area contributed by atoms with Crippen LogP contribution in [0.2, 0.25) is 0 Å². The first-order valence-electron chi connectivity index (χ1n) is 6.14. The highest BCUT2D eigenvalue weighted by molar-refractivity contribution is 7.14. The number of esters is 1. The van der Waals surface area contributed by atoms with Crippen LogP contribution in [0.5, 0.6) is 0 Å². The Labute approximate surface area is 137 Å². The number of aromatic amines is 1. The van der Waals surface area contributed by atoms with Gasteiger partial charge in [0.25, 0.3) is 0 Å². The molecule has 0 spiro atoms. The third-order valence-corrected chi connectivity index (χ3v) is 3.45. The molecule has 2 aromatic heterocycles. The summed E-state index contributed by atoms with van der Waals surface area (Å²) < 4.78 is 4.62. The Bertz CT molecular complexity index is 675.